The lowest BCUT2D eigenvalue weighted by atomic mass is 10.0. The van der Waals surface area contributed by atoms with Crippen molar-refractivity contribution in [2.75, 3.05) is 25.6 Å². The first-order valence-electron chi connectivity index (χ1n) is 10.3. The third kappa shape index (κ3) is 4.80. The van der Waals surface area contributed by atoms with Crippen LogP contribution in [0.15, 0.2) is 36.4 Å². The molecule has 174 valence electrons. The van der Waals surface area contributed by atoms with Crippen LogP contribution in [0.5, 0.6) is 11.5 Å². The van der Waals surface area contributed by atoms with Crippen molar-refractivity contribution in [3.8, 4) is 11.5 Å². The monoisotopic (exact) mass is 455 g/mol. The molecule has 0 saturated heterocycles. The third-order valence-corrected chi connectivity index (χ3v) is 5.19. The van der Waals surface area contributed by atoms with Crippen molar-refractivity contribution in [3.05, 3.63) is 53.1 Å². The summed E-state index contributed by atoms with van der Waals surface area (Å²) in [5.41, 5.74) is 1.04. The Morgan fingerprint density at radius 2 is 1.97 bits per heavy atom. The second-order valence-corrected chi connectivity index (χ2v) is 7.31. The highest BCUT2D eigenvalue weighted by molar-refractivity contribution is 6.24. The van der Waals surface area contributed by atoms with E-state index in [4.69, 9.17) is 9.47 Å². The van der Waals surface area contributed by atoms with E-state index >= 15 is 0 Å². The summed E-state index contributed by atoms with van der Waals surface area (Å²) >= 11 is 0. The number of carbonyl (C=O) groups excluding carboxylic acids is 4. The Balaban J connectivity index is 2.07. The van der Waals surface area contributed by atoms with E-state index in [0.29, 0.717) is 28.7 Å². The Hall–Kier alpha value is -3.92. The van der Waals surface area contributed by atoms with E-state index in [1.165, 1.54) is 20.1 Å². The first-order valence-corrected chi connectivity index (χ1v) is 10.3. The van der Waals surface area contributed by atoms with Crippen LogP contribution in [0.1, 0.15) is 52.6 Å². The van der Waals surface area contributed by atoms with Crippen LogP contribution in [-0.2, 0) is 9.59 Å². The third-order valence-electron chi connectivity index (χ3n) is 5.19. The smallest absolute Gasteiger partial charge is 0.264 e. The summed E-state index contributed by atoms with van der Waals surface area (Å²) in [6, 6.07) is 8.82. The Bertz CT molecular complexity index is 1090. The standard InChI is InChI=1S/C23H25N3O7/c1-4-33-20-12-15(8-9-19(20)32-3)18(10-11-25(31)13-27)26-22(29)16-6-5-7-17(24-14(2)28)21(16)23(26)30/h5-9,12-13,18,31H,4,10-11H2,1-3H3,(H,24,28). The number of benzene rings is 2. The molecular weight excluding hydrogens is 430 g/mol. The molecule has 1 aliphatic rings. The van der Waals surface area contributed by atoms with Crippen molar-refractivity contribution in [3.63, 3.8) is 0 Å². The number of hydroxylamine groups is 2. The molecule has 3 rings (SSSR count). The zero-order valence-corrected chi connectivity index (χ0v) is 18.5. The molecular formula is C23H25N3O7. The molecule has 1 aliphatic heterocycles. The topological polar surface area (TPSA) is 125 Å². The van der Waals surface area contributed by atoms with Crippen LogP contribution in [0.2, 0.25) is 0 Å². The van der Waals surface area contributed by atoms with Crippen molar-refractivity contribution in [2.45, 2.75) is 26.3 Å². The number of nitrogens with one attached hydrogen (secondary N) is 1. The van der Waals surface area contributed by atoms with Crippen LogP contribution in [0.4, 0.5) is 5.69 Å². The molecule has 2 aromatic rings. The average Bonchev–Trinajstić information content (AvgIpc) is 3.05. The van der Waals surface area contributed by atoms with Crippen LogP contribution in [0, 0.1) is 0 Å². The fraction of sp³-hybridized carbons (Fsp3) is 0.304. The fourth-order valence-electron chi connectivity index (χ4n) is 3.80. The van der Waals surface area contributed by atoms with Gasteiger partial charge in [-0.25, -0.2) is 5.06 Å². The number of ether oxygens (including phenoxy) is 2. The highest BCUT2D eigenvalue weighted by atomic mass is 16.5. The Kier molecular flexibility index (Phi) is 7.29. The average molecular weight is 455 g/mol. The number of methoxy groups -OCH3 is 1. The quantitative estimate of drug-likeness (QED) is 0.244. The molecule has 0 aromatic heterocycles. The molecule has 0 fully saturated rings. The maximum Gasteiger partial charge on any atom is 0.264 e. The van der Waals surface area contributed by atoms with E-state index in [1.54, 1.807) is 30.3 Å². The van der Waals surface area contributed by atoms with E-state index in [1.807, 2.05) is 6.92 Å². The van der Waals surface area contributed by atoms with Gasteiger partial charge < -0.3 is 14.8 Å². The molecule has 0 aliphatic carbocycles. The minimum atomic E-state index is -0.831. The number of amides is 4. The maximum atomic E-state index is 13.4. The van der Waals surface area contributed by atoms with E-state index in [-0.39, 0.29) is 42.1 Å². The maximum absolute atomic E-state index is 13.4. The number of rotatable bonds is 10. The molecule has 33 heavy (non-hydrogen) atoms. The first-order chi connectivity index (χ1) is 15.8. The SMILES string of the molecule is CCOc1cc(C(CCN(O)C=O)N2C(=O)c3cccc(NC(C)=O)c3C2=O)ccc1OC. The Morgan fingerprint density at radius 1 is 1.21 bits per heavy atom. The summed E-state index contributed by atoms with van der Waals surface area (Å²) in [5, 5.41) is 12.7. The molecule has 0 saturated carbocycles. The van der Waals surface area contributed by atoms with Crippen molar-refractivity contribution >= 4 is 29.8 Å². The van der Waals surface area contributed by atoms with Crippen LogP contribution >= 0.6 is 0 Å². The van der Waals surface area contributed by atoms with Crippen LogP contribution < -0.4 is 14.8 Å². The minimum Gasteiger partial charge on any atom is -0.493 e. The van der Waals surface area contributed by atoms with Gasteiger partial charge in [0.1, 0.15) is 0 Å². The number of carbonyl (C=O) groups is 4. The Morgan fingerprint density at radius 3 is 2.61 bits per heavy atom. The van der Waals surface area contributed by atoms with Gasteiger partial charge in [-0.2, -0.15) is 0 Å². The number of hydrogen-bond donors (Lipinski definition) is 2. The minimum absolute atomic E-state index is 0.0636. The number of imide groups is 1. The summed E-state index contributed by atoms with van der Waals surface area (Å²) < 4.78 is 10.9. The summed E-state index contributed by atoms with van der Waals surface area (Å²) in [4.78, 5) is 50.3. The second kappa shape index (κ2) is 10.1. The van der Waals surface area contributed by atoms with Gasteiger partial charge in [-0.05, 0) is 43.2 Å². The fourth-order valence-corrected chi connectivity index (χ4v) is 3.80. The van der Waals surface area contributed by atoms with Crippen molar-refractivity contribution < 1.29 is 33.9 Å². The van der Waals surface area contributed by atoms with Gasteiger partial charge in [0.2, 0.25) is 12.3 Å². The largest absolute Gasteiger partial charge is 0.493 e. The molecule has 10 nitrogen and oxygen atoms in total. The van der Waals surface area contributed by atoms with Gasteiger partial charge in [0.25, 0.3) is 11.8 Å². The van der Waals surface area contributed by atoms with Gasteiger partial charge in [-0.3, -0.25) is 29.3 Å². The van der Waals surface area contributed by atoms with E-state index < -0.39 is 17.9 Å². The highest BCUT2D eigenvalue weighted by Crippen LogP contribution is 2.39. The van der Waals surface area contributed by atoms with Gasteiger partial charge in [-0.15, -0.1) is 0 Å². The predicted molar refractivity (Wildman–Crippen MR) is 117 cm³/mol. The lowest BCUT2D eigenvalue weighted by Crippen LogP contribution is -2.36. The summed E-state index contributed by atoms with van der Waals surface area (Å²) in [6.45, 7) is 3.36. The number of hydrogen-bond acceptors (Lipinski definition) is 7. The lowest BCUT2D eigenvalue weighted by Gasteiger charge is -2.28. The van der Waals surface area contributed by atoms with Crippen LogP contribution in [-0.4, -0.2) is 59.6 Å². The highest BCUT2D eigenvalue weighted by Gasteiger charge is 2.42. The summed E-state index contributed by atoms with van der Waals surface area (Å²) in [7, 11) is 1.50. The second-order valence-electron chi connectivity index (χ2n) is 7.31. The Labute approximate surface area is 190 Å². The van der Waals surface area contributed by atoms with Crippen LogP contribution in [0.25, 0.3) is 0 Å². The predicted octanol–water partition coefficient (Wildman–Crippen LogP) is 2.63. The molecule has 0 bridgehead atoms. The number of anilines is 1. The molecule has 1 atom stereocenters. The molecule has 1 unspecified atom stereocenters. The number of fused-ring (bicyclic) bond motifs is 1. The van der Waals surface area contributed by atoms with Gasteiger partial charge in [0.15, 0.2) is 11.5 Å². The van der Waals surface area contributed by atoms with E-state index in [2.05, 4.69) is 5.32 Å². The van der Waals surface area contributed by atoms with Gasteiger partial charge in [0.05, 0.1) is 43.1 Å². The molecule has 4 amide bonds. The molecule has 0 spiro atoms. The first kappa shape index (κ1) is 23.7. The van der Waals surface area contributed by atoms with Crippen molar-refractivity contribution in [1.82, 2.24) is 9.96 Å². The van der Waals surface area contributed by atoms with Gasteiger partial charge in [-0.1, -0.05) is 12.1 Å². The van der Waals surface area contributed by atoms with Crippen molar-refractivity contribution in [2.24, 2.45) is 0 Å². The zero-order chi connectivity index (χ0) is 24.1. The summed E-state index contributed by atoms with van der Waals surface area (Å²) in [5.74, 6) is -0.608. The summed E-state index contributed by atoms with van der Waals surface area (Å²) in [6.07, 6.45) is 0.308. The van der Waals surface area contributed by atoms with Crippen molar-refractivity contribution in [1.29, 1.82) is 0 Å². The number of nitrogens with zero attached hydrogens (tertiary/aromatic N) is 2. The van der Waals surface area contributed by atoms with E-state index in [9.17, 15) is 24.4 Å². The zero-order valence-electron chi connectivity index (χ0n) is 18.5. The molecule has 2 aromatic carbocycles. The molecule has 10 heteroatoms. The van der Waals surface area contributed by atoms with Crippen LogP contribution in [0.3, 0.4) is 0 Å². The van der Waals surface area contributed by atoms with Gasteiger partial charge in [0, 0.05) is 6.92 Å². The molecule has 2 N–H and O–H groups in total. The van der Waals surface area contributed by atoms with Gasteiger partial charge >= 0.3 is 0 Å². The lowest BCUT2D eigenvalue weighted by molar-refractivity contribution is -0.150. The molecule has 0 radical (unpaired) electrons. The van der Waals surface area contributed by atoms with E-state index in [0.717, 1.165) is 4.90 Å². The molecule has 1 heterocycles. The normalized spacial score (nSPS) is 13.4.